The van der Waals surface area contributed by atoms with Gasteiger partial charge in [-0.05, 0) is 97.9 Å². The number of aliphatic hydroxyl groups is 1. The van der Waals surface area contributed by atoms with Gasteiger partial charge in [-0.25, -0.2) is 0 Å². The Bertz CT molecular complexity index is 1790. The molecule has 280 valence electrons. The molecule has 0 aliphatic carbocycles. The Kier molecular flexibility index (Phi) is 32.9. The Morgan fingerprint density at radius 1 is 0.611 bits per heavy atom. The largest absolute Gasteiger partial charge is 0.508 e. The van der Waals surface area contributed by atoms with E-state index < -0.39 is 5.60 Å². The molecule has 4 aromatic carbocycles. The number of ether oxygens (including phenoxy) is 3. The molecule has 0 saturated carbocycles. The number of aliphatic hydroxyl groups excluding tert-OH is 1. The van der Waals surface area contributed by atoms with Crippen LogP contribution in [0.1, 0.15) is 51.4 Å². The Balaban J connectivity index is -0.000000629. The van der Waals surface area contributed by atoms with Gasteiger partial charge in [0.1, 0.15) is 28.6 Å². The van der Waals surface area contributed by atoms with E-state index in [0.29, 0.717) is 42.5 Å². The van der Waals surface area contributed by atoms with Crippen molar-refractivity contribution in [3.63, 3.8) is 0 Å². The summed E-state index contributed by atoms with van der Waals surface area (Å²) in [6.07, 6.45) is 0. The summed E-state index contributed by atoms with van der Waals surface area (Å²) in [5.41, 5.74) is 8.97. The van der Waals surface area contributed by atoms with Crippen molar-refractivity contribution < 1.29 is 216 Å². The summed E-state index contributed by atoms with van der Waals surface area (Å²) < 4.78 is 15.4. The third-order valence-corrected chi connectivity index (χ3v) is 7.71. The number of phenolic OH excluding ortho intramolecular Hbond substituents is 4. The molecule has 5 N–H and O–H groups in total. The summed E-state index contributed by atoms with van der Waals surface area (Å²) in [7, 11) is 3.24. The van der Waals surface area contributed by atoms with Crippen molar-refractivity contribution in [3.8, 4) is 23.0 Å². The van der Waals surface area contributed by atoms with Crippen LogP contribution in [0.3, 0.4) is 0 Å². The third kappa shape index (κ3) is 19.8. The maximum Gasteiger partial charge on any atom is 0.143 e. The van der Waals surface area contributed by atoms with Crippen molar-refractivity contribution in [1.29, 1.82) is 0 Å². The van der Waals surface area contributed by atoms with Crippen molar-refractivity contribution in [1.82, 2.24) is 0 Å². The average Bonchev–Trinajstić information content (AvgIpc) is 3.82. The first-order valence-corrected chi connectivity index (χ1v) is 16.0. The molecule has 0 bridgehead atoms. The van der Waals surface area contributed by atoms with Gasteiger partial charge in [-0.2, -0.15) is 0 Å². The van der Waals surface area contributed by atoms with E-state index in [1.54, 1.807) is 44.6 Å². The molecule has 54 heavy (non-hydrogen) atoms. The number of epoxide rings is 1. The zero-order chi connectivity index (χ0) is 37.6. The fraction of sp³-hybridized carbons (Fsp3) is 0.286. The van der Waals surface area contributed by atoms with Crippen LogP contribution in [0.15, 0.2) is 92.5 Å². The monoisotopic (exact) mass is 1590 g/mol. The molecular formula is C42H52Ac4O8. The van der Waals surface area contributed by atoms with Crippen LogP contribution in [0.25, 0.3) is 16.7 Å². The molecule has 0 aromatic heterocycles. The number of rotatable bonds is 9. The third-order valence-electron chi connectivity index (χ3n) is 7.71. The molecule has 1 saturated heterocycles. The molecule has 4 aromatic rings. The summed E-state index contributed by atoms with van der Waals surface area (Å²) in [6, 6.07) is 22.0. The first kappa shape index (κ1) is 59.2. The van der Waals surface area contributed by atoms with E-state index in [1.165, 1.54) is 0 Å². The van der Waals surface area contributed by atoms with Gasteiger partial charge >= 0.3 is 0 Å². The molecule has 12 heteroatoms. The Morgan fingerprint density at radius 3 is 1.30 bits per heavy atom. The fourth-order valence-corrected chi connectivity index (χ4v) is 4.88. The molecule has 1 aliphatic rings. The van der Waals surface area contributed by atoms with Gasteiger partial charge in [0.2, 0.25) is 0 Å². The van der Waals surface area contributed by atoms with Gasteiger partial charge < -0.3 is 39.7 Å². The zero-order valence-corrected chi connectivity index (χ0v) is 51.6. The van der Waals surface area contributed by atoms with E-state index in [2.05, 4.69) is 19.7 Å². The van der Waals surface area contributed by atoms with Crippen LogP contribution in [-0.2, 0) is 19.8 Å². The predicted molar refractivity (Wildman–Crippen MR) is 203 cm³/mol. The molecule has 5 rings (SSSR count). The van der Waals surface area contributed by atoms with E-state index in [4.69, 9.17) is 19.3 Å². The van der Waals surface area contributed by atoms with Crippen LogP contribution in [-0.4, -0.2) is 66.2 Å². The SMILES string of the molecule is C=C(C)c1ccc(C)cc1O.C=C(CO)c1ccc(C)cc1O.C=C(COC)c1ccc(C)cc1O.COCC1(c2ccc(C)cc2O)CO1.[Ac].[Ac].[Ac].[Ac]. The Hall–Kier alpha value is 0.906. The van der Waals surface area contributed by atoms with E-state index >= 15 is 0 Å². The summed E-state index contributed by atoms with van der Waals surface area (Å²) in [5.74, 6) is 1.05. The predicted octanol–water partition coefficient (Wildman–Crippen LogP) is 8.37. The van der Waals surface area contributed by atoms with E-state index in [0.717, 1.165) is 50.1 Å². The number of hydrogen-bond acceptors (Lipinski definition) is 8. The molecule has 1 aliphatic heterocycles. The molecular weight excluding hydrogens is 1540 g/mol. The maximum atomic E-state index is 9.76. The van der Waals surface area contributed by atoms with Crippen LogP contribution >= 0.6 is 0 Å². The molecule has 4 radical (unpaired) electrons. The molecule has 1 fully saturated rings. The molecule has 0 spiro atoms. The standard InChI is InChI=1S/C11H14O3.C11H14O2.C10H12O2.C10H12O.4Ac/c1-8-3-4-9(10(12)5-8)11(6-13-2)7-14-11;1-8-4-5-10(11(12)6-8)9(2)7-13-3;1-7-3-4-9(8(2)6-11)10(12)5-7;1-7(2)9-5-4-8(3)6-10(9)11;;;;/h3-5,12H,6-7H2,1-2H3;4-6,12H,2,7H2,1,3H3;3-5,11-12H,2,6H2,1H3;4-6,11H,1H2,2-3H3;;;;. The second kappa shape index (κ2) is 30.0. The first-order chi connectivity index (χ1) is 23.6. The van der Waals surface area contributed by atoms with Crippen molar-refractivity contribution >= 4 is 16.7 Å². The summed E-state index contributed by atoms with van der Waals surface area (Å²) >= 11 is 0. The van der Waals surface area contributed by atoms with Crippen molar-refractivity contribution in [3.05, 3.63) is 137 Å². The van der Waals surface area contributed by atoms with Crippen LogP contribution in [0, 0.1) is 204 Å². The van der Waals surface area contributed by atoms with Crippen LogP contribution in [0.5, 0.6) is 23.0 Å². The van der Waals surface area contributed by atoms with Crippen molar-refractivity contribution in [2.45, 2.75) is 40.2 Å². The van der Waals surface area contributed by atoms with Gasteiger partial charge in [0.05, 0.1) is 26.4 Å². The van der Waals surface area contributed by atoms with E-state index in [1.807, 2.05) is 77.1 Å². The molecule has 1 heterocycles. The van der Waals surface area contributed by atoms with E-state index in [9.17, 15) is 20.4 Å². The second-order valence-corrected chi connectivity index (χ2v) is 12.4. The number of allylic oxidation sites excluding steroid dienone is 1. The first-order valence-electron chi connectivity index (χ1n) is 16.0. The van der Waals surface area contributed by atoms with Gasteiger partial charge in [0.15, 0.2) is 0 Å². The second-order valence-electron chi connectivity index (χ2n) is 12.4. The Labute approximate surface area is 465 Å². The molecule has 1 atom stereocenters. The zero-order valence-electron chi connectivity index (χ0n) is 32.6. The number of methoxy groups -OCH3 is 2. The fourth-order valence-electron chi connectivity index (χ4n) is 4.88. The number of phenols is 4. The average molecular weight is 1590 g/mol. The van der Waals surface area contributed by atoms with Crippen LogP contribution in [0.4, 0.5) is 0 Å². The minimum atomic E-state index is -0.396. The number of benzene rings is 4. The van der Waals surface area contributed by atoms with Crippen molar-refractivity contribution in [2.75, 3.05) is 40.6 Å². The smallest absolute Gasteiger partial charge is 0.143 e. The van der Waals surface area contributed by atoms with Gasteiger partial charge in [-0.1, -0.05) is 68.3 Å². The minimum Gasteiger partial charge on any atom is -0.508 e. The van der Waals surface area contributed by atoms with Gasteiger partial charge in [0.25, 0.3) is 0 Å². The van der Waals surface area contributed by atoms with Gasteiger partial charge in [-0.3, -0.25) is 0 Å². The summed E-state index contributed by atoms with van der Waals surface area (Å²) in [5, 5.41) is 46.9. The molecule has 0 amide bonds. The summed E-state index contributed by atoms with van der Waals surface area (Å²) in [6.45, 7) is 22.2. The van der Waals surface area contributed by atoms with E-state index in [-0.39, 0.29) is 194 Å². The van der Waals surface area contributed by atoms with Crippen molar-refractivity contribution in [2.24, 2.45) is 0 Å². The normalized spacial score (nSPS) is 13.0. The quantitative estimate of drug-likeness (QED) is 0.106. The molecule has 1 unspecified atom stereocenters. The molecule has 8 nitrogen and oxygen atoms in total. The minimum absolute atomic E-state index is 0. The van der Waals surface area contributed by atoms with Gasteiger partial charge in [0, 0.05) is 213 Å². The Morgan fingerprint density at radius 2 is 0.981 bits per heavy atom. The van der Waals surface area contributed by atoms with Crippen LogP contribution in [0.2, 0.25) is 0 Å². The van der Waals surface area contributed by atoms with Gasteiger partial charge in [-0.15, -0.1) is 0 Å². The number of aromatic hydroxyl groups is 4. The number of hydrogen-bond donors (Lipinski definition) is 5. The van der Waals surface area contributed by atoms with Crippen LogP contribution < -0.4 is 0 Å². The summed E-state index contributed by atoms with van der Waals surface area (Å²) in [4.78, 5) is 0. The number of aryl methyl sites for hydroxylation is 4. The topological polar surface area (TPSA) is 132 Å². The maximum absolute atomic E-state index is 9.76.